The number of carbonyl (C=O) groups is 1. The Morgan fingerprint density at radius 3 is 2.50 bits per heavy atom. The fourth-order valence-electron chi connectivity index (χ4n) is 2.60. The van der Waals surface area contributed by atoms with Crippen molar-refractivity contribution in [1.29, 1.82) is 5.26 Å². The summed E-state index contributed by atoms with van der Waals surface area (Å²) in [6.07, 6.45) is 4.38. The Labute approximate surface area is 111 Å². The van der Waals surface area contributed by atoms with Crippen LogP contribution < -0.4 is 0 Å². The summed E-state index contributed by atoms with van der Waals surface area (Å²) in [5.74, 6) is 0.658. The molecule has 0 aromatic heterocycles. The average Bonchev–Trinajstić information content (AvgIpc) is 2.99. The van der Waals surface area contributed by atoms with Gasteiger partial charge in [0.25, 0.3) is 0 Å². The monoisotopic (exact) mass is 250 g/mol. The third-order valence-corrected chi connectivity index (χ3v) is 3.26. The number of nitriles is 1. The Hall–Kier alpha value is -1.04. The largest absolute Gasteiger partial charge is 0.339 e. The van der Waals surface area contributed by atoms with Crippen LogP contribution in [0, 0.1) is 22.7 Å². The number of hydrogen-bond acceptors (Lipinski definition) is 2. The van der Waals surface area contributed by atoms with Gasteiger partial charge in [-0.15, -0.1) is 0 Å². The molecule has 0 aliphatic heterocycles. The lowest BCUT2D eigenvalue weighted by molar-refractivity contribution is -0.132. The van der Waals surface area contributed by atoms with Crippen LogP contribution in [0.5, 0.6) is 0 Å². The maximum atomic E-state index is 12.2. The van der Waals surface area contributed by atoms with Crippen molar-refractivity contribution < 1.29 is 4.79 Å². The molecule has 0 radical (unpaired) electrons. The quantitative estimate of drug-likeness (QED) is 0.725. The summed E-state index contributed by atoms with van der Waals surface area (Å²) in [5.41, 5.74) is 0.275. The number of hydrogen-bond donors (Lipinski definition) is 0. The van der Waals surface area contributed by atoms with E-state index in [4.69, 9.17) is 5.26 Å². The summed E-state index contributed by atoms with van der Waals surface area (Å²) in [5, 5.41) is 8.65. The normalized spacial score (nSPS) is 17.1. The summed E-state index contributed by atoms with van der Waals surface area (Å²) in [6, 6.07) is 2.56. The van der Waals surface area contributed by atoms with Crippen molar-refractivity contribution in [2.45, 2.75) is 65.8 Å². The zero-order valence-corrected chi connectivity index (χ0v) is 12.2. The van der Waals surface area contributed by atoms with Crippen LogP contribution in [0.1, 0.15) is 59.8 Å². The number of nitrogens with zero attached hydrogens (tertiary/aromatic N) is 2. The fourth-order valence-corrected chi connectivity index (χ4v) is 2.60. The van der Waals surface area contributed by atoms with Gasteiger partial charge in [0.2, 0.25) is 5.91 Å². The predicted octanol–water partition coefficient (Wildman–Crippen LogP) is 3.35. The maximum absolute atomic E-state index is 12.2. The van der Waals surface area contributed by atoms with Gasteiger partial charge in [-0.1, -0.05) is 27.7 Å². The van der Waals surface area contributed by atoms with Crippen molar-refractivity contribution >= 4 is 5.91 Å². The molecule has 0 spiro atoms. The van der Waals surface area contributed by atoms with E-state index in [1.807, 2.05) is 4.90 Å². The molecule has 18 heavy (non-hydrogen) atoms. The molecule has 0 bridgehead atoms. The molecular formula is C15H26N2O. The minimum absolute atomic E-state index is 0.240. The SMILES string of the molecule is CC(CC(=O)N(CCC#N)C1CC1)CC(C)(C)C. The Kier molecular flexibility index (Phi) is 5.19. The molecule has 3 nitrogen and oxygen atoms in total. The molecule has 102 valence electrons. The molecule has 1 saturated carbocycles. The van der Waals surface area contributed by atoms with E-state index in [1.165, 1.54) is 0 Å². The van der Waals surface area contributed by atoms with Crippen LogP contribution in [-0.4, -0.2) is 23.4 Å². The third kappa shape index (κ3) is 5.53. The Morgan fingerprint density at radius 1 is 1.44 bits per heavy atom. The van der Waals surface area contributed by atoms with E-state index >= 15 is 0 Å². The van der Waals surface area contributed by atoms with E-state index in [1.54, 1.807) is 0 Å². The summed E-state index contributed by atoms with van der Waals surface area (Å²) in [4.78, 5) is 14.2. The number of amides is 1. The molecule has 0 aromatic rings. The average molecular weight is 250 g/mol. The lowest BCUT2D eigenvalue weighted by Crippen LogP contribution is -2.35. The van der Waals surface area contributed by atoms with Crippen molar-refractivity contribution in [3.8, 4) is 6.07 Å². The molecule has 1 aliphatic carbocycles. The first kappa shape index (κ1) is 15.0. The van der Waals surface area contributed by atoms with Gasteiger partial charge in [-0.3, -0.25) is 4.79 Å². The van der Waals surface area contributed by atoms with Crippen LogP contribution in [0.2, 0.25) is 0 Å². The summed E-state index contributed by atoms with van der Waals surface area (Å²) in [6.45, 7) is 9.40. The first-order valence-corrected chi connectivity index (χ1v) is 7.00. The second-order valence-electron chi connectivity index (χ2n) is 6.80. The van der Waals surface area contributed by atoms with E-state index in [0.717, 1.165) is 19.3 Å². The maximum Gasteiger partial charge on any atom is 0.223 e. The molecule has 0 heterocycles. The second-order valence-corrected chi connectivity index (χ2v) is 6.80. The van der Waals surface area contributed by atoms with Gasteiger partial charge < -0.3 is 4.90 Å². The molecule has 1 fully saturated rings. The molecule has 0 N–H and O–H groups in total. The second kappa shape index (κ2) is 6.22. The topological polar surface area (TPSA) is 44.1 Å². The lowest BCUT2D eigenvalue weighted by Gasteiger charge is -2.26. The van der Waals surface area contributed by atoms with Crippen molar-refractivity contribution in [3.63, 3.8) is 0 Å². The van der Waals surface area contributed by atoms with Crippen molar-refractivity contribution in [2.24, 2.45) is 11.3 Å². The molecule has 0 aromatic carbocycles. The molecule has 3 heteroatoms. The predicted molar refractivity (Wildman–Crippen MR) is 72.8 cm³/mol. The Morgan fingerprint density at radius 2 is 2.06 bits per heavy atom. The van der Waals surface area contributed by atoms with Gasteiger partial charge in [0.05, 0.1) is 12.5 Å². The van der Waals surface area contributed by atoms with Crippen molar-refractivity contribution in [2.75, 3.05) is 6.54 Å². The zero-order valence-electron chi connectivity index (χ0n) is 12.2. The summed E-state index contributed by atoms with van der Waals surface area (Å²) in [7, 11) is 0. The van der Waals surface area contributed by atoms with Gasteiger partial charge in [0, 0.05) is 19.0 Å². The molecule has 1 aliphatic rings. The van der Waals surface area contributed by atoms with Crippen molar-refractivity contribution in [3.05, 3.63) is 0 Å². The minimum Gasteiger partial charge on any atom is -0.339 e. The van der Waals surface area contributed by atoms with E-state index < -0.39 is 0 Å². The van der Waals surface area contributed by atoms with E-state index in [2.05, 4.69) is 33.8 Å². The standard InChI is InChI=1S/C15H26N2O/c1-12(11-15(2,3)4)10-14(18)17(9-5-8-16)13-6-7-13/h12-13H,5-7,9-11H2,1-4H3. The van der Waals surface area contributed by atoms with Crippen LogP contribution in [-0.2, 0) is 4.79 Å². The fraction of sp³-hybridized carbons (Fsp3) is 0.867. The minimum atomic E-state index is 0.240. The van der Waals surface area contributed by atoms with Crippen molar-refractivity contribution in [1.82, 2.24) is 4.90 Å². The lowest BCUT2D eigenvalue weighted by atomic mass is 9.84. The molecule has 1 atom stereocenters. The summed E-state index contributed by atoms with van der Waals surface area (Å²) < 4.78 is 0. The van der Waals surface area contributed by atoms with Gasteiger partial charge in [0.1, 0.15) is 0 Å². The van der Waals surface area contributed by atoms with Crippen LogP contribution in [0.15, 0.2) is 0 Å². The third-order valence-electron chi connectivity index (χ3n) is 3.26. The van der Waals surface area contributed by atoms with Gasteiger partial charge in [-0.05, 0) is 30.6 Å². The van der Waals surface area contributed by atoms with Crippen LogP contribution in [0.3, 0.4) is 0 Å². The molecule has 0 saturated heterocycles. The van der Waals surface area contributed by atoms with E-state index in [9.17, 15) is 4.79 Å². The molecule has 1 unspecified atom stereocenters. The van der Waals surface area contributed by atoms with Gasteiger partial charge in [-0.2, -0.15) is 5.26 Å². The molecular weight excluding hydrogens is 224 g/mol. The first-order valence-electron chi connectivity index (χ1n) is 7.00. The highest BCUT2D eigenvalue weighted by atomic mass is 16.2. The van der Waals surface area contributed by atoms with Gasteiger partial charge >= 0.3 is 0 Å². The van der Waals surface area contributed by atoms with Crippen LogP contribution in [0.25, 0.3) is 0 Å². The highest BCUT2D eigenvalue weighted by Gasteiger charge is 2.32. The van der Waals surface area contributed by atoms with Gasteiger partial charge in [-0.25, -0.2) is 0 Å². The highest BCUT2D eigenvalue weighted by Crippen LogP contribution is 2.30. The highest BCUT2D eigenvalue weighted by molar-refractivity contribution is 5.77. The summed E-state index contributed by atoms with van der Waals surface area (Å²) >= 11 is 0. The Bertz CT molecular complexity index is 320. The van der Waals surface area contributed by atoms with Crippen LogP contribution >= 0.6 is 0 Å². The molecule has 1 amide bonds. The number of rotatable bonds is 6. The zero-order chi connectivity index (χ0) is 13.8. The molecule has 1 rings (SSSR count). The smallest absolute Gasteiger partial charge is 0.223 e. The van der Waals surface area contributed by atoms with Gasteiger partial charge in [0.15, 0.2) is 0 Å². The van der Waals surface area contributed by atoms with E-state index in [-0.39, 0.29) is 11.3 Å². The number of carbonyl (C=O) groups excluding carboxylic acids is 1. The van der Waals surface area contributed by atoms with E-state index in [0.29, 0.717) is 31.3 Å². The Balaban J connectivity index is 2.43. The van der Waals surface area contributed by atoms with Crippen LogP contribution in [0.4, 0.5) is 0 Å². The first-order chi connectivity index (χ1) is 8.33.